The minimum absolute atomic E-state index is 0.597. The molecule has 0 amide bonds. The van der Waals surface area contributed by atoms with E-state index in [1.54, 1.807) is 36.4 Å². The molecule has 17 heavy (non-hydrogen) atoms. The molecule has 0 aliphatic heterocycles. The van der Waals surface area contributed by atoms with Crippen LogP contribution in [0.1, 0.15) is 15.9 Å². The molecule has 0 aliphatic carbocycles. The van der Waals surface area contributed by atoms with Crippen molar-refractivity contribution in [2.45, 2.75) is 6.92 Å². The number of benzene rings is 2. The molecule has 0 aromatic heterocycles. The molecule has 2 nitrogen and oxygen atoms in total. The molecule has 2 aromatic carbocycles. The number of rotatable bonds is 3. The van der Waals surface area contributed by atoms with E-state index in [1.807, 2.05) is 13.0 Å². The molecular weight excluding hydrogens is 236 g/mol. The summed E-state index contributed by atoms with van der Waals surface area (Å²) in [5.41, 5.74) is 1.57. The third-order valence-corrected chi connectivity index (χ3v) is 2.64. The standard InChI is InChI=1S/C14H11ClO2/c1-10-2-3-11(9-16)8-14(10)17-13-6-4-12(15)5-7-13/h2-9H,1H3. The van der Waals surface area contributed by atoms with E-state index in [0.29, 0.717) is 22.1 Å². The van der Waals surface area contributed by atoms with E-state index >= 15 is 0 Å². The number of halogens is 1. The molecule has 0 heterocycles. The summed E-state index contributed by atoms with van der Waals surface area (Å²) in [4.78, 5) is 10.7. The van der Waals surface area contributed by atoms with Gasteiger partial charge in [-0.15, -0.1) is 0 Å². The number of carbonyl (C=O) groups is 1. The molecule has 0 bridgehead atoms. The molecule has 0 unspecified atom stereocenters. The SMILES string of the molecule is Cc1ccc(C=O)cc1Oc1ccc(Cl)cc1. The van der Waals surface area contributed by atoms with Crippen molar-refractivity contribution in [3.05, 3.63) is 58.6 Å². The molecule has 0 N–H and O–H groups in total. The molecular formula is C14H11ClO2. The maximum absolute atomic E-state index is 10.7. The fourth-order valence-corrected chi connectivity index (χ4v) is 1.56. The van der Waals surface area contributed by atoms with Gasteiger partial charge in [-0.3, -0.25) is 4.79 Å². The summed E-state index contributed by atoms with van der Waals surface area (Å²) >= 11 is 5.79. The molecule has 0 radical (unpaired) electrons. The van der Waals surface area contributed by atoms with Gasteiger partial charge < -0.3 is 4.74 Å². The highest BCUT2D eigenvalue weighted by molar-refractivity contribution is 6.30. The minimum atomic E-state index is 0.597. The Balaban J connectivity index is 2.28. The van der Waals surface area contributed by atoms with E-state index in [1.165, 1.54) is 0 Å². The van der Waals surface area contributed by atoms with E-state index in [9.17, 15) is 4.79 Å². The molecule has 86 valence electrons. The maximum Gasteiger partial charge on any atom is 0.150 e. The van der Waals surface area contributed by atoms with Crippen LogP contribution in [0.3, 0.4) is 0 Å². The maximum atomic E-state index is 10.7. The number of ether oxygens (including phenoxy) is 1. The first-order valence-electron chi connectivity index (χ1n) is 5.18. The van der Waals surface area contributed by atoms with E-state index in [0.717, 1.165) is 11.8 Å². The van der Waals surface area contributed by atoms with Gasteiger partial charge in [0, 0.05) is 10.6 Å². The number of aldehydes is 1. The van der Waals surface area contributed by atoms with Crippen molar-refractivity contribution in [1.29, 1.82) is 0 Å². The van der Waals surface area contributed by atoms with Crippen LogP contribution in [0.25, 0.3) is 0 Å². The average Bonchev–Trinajstić information content (AvgIpc) is 2.35. The van der Waals surface area contributed by atoms with Gasteiger partial charge in [-0.05, 0) is 42.8 Å². The van der Waals surface area contributed by atoms with Crippen LogP contribution in [0.5, 0.6) is 11.5 Å². The molecule has 0 aliphatic rings. The molecule has 0 saturated heterocycles. The summed E-state index contributed by atoms with van der Waals surface area (Å²) in [7, 11) is 0. The van der Waals surface area contributed by atoms with Gasteiger partial charge in [0.2, 0.25) is 0 Å². The molecule has 2 rings (SSSR count). The normalized spacial score (nSPS) is 10.0. The Labute approximate surface area is 105 Å². The number of carbonyl (C=O) groups excluding carboxylic acids is 1. The van der Waals surface area contributed by atoms with Crippen molar-refractivity contribution >= 4 is 17.9 Å². The molecule has 2 aromatic rings. The lowest BCUT2D eigenvalue weighted by Crippen LogP contribution is -1.89. The second-order valence-electron chi connectivity index (χ2n) is 3.70. The Bertz CT molecular complexity index is 532. The Morgan fingerprint density at radius 2 is 1.82 bits per heavy atom. The topological polar surface area (TPSA) is 26.3 Å². The predicted octanol–water partition coefficient (Wildman–Crippen LogP) is 4.25. The zero-order valence-corrected chi connectivity index (χ0v) is 10.1. The molecule has 0 spiro atoms. The van der Waals surface area contributed by atoms with Crippen molar-refractivity contribution in [1.82, 2.24) is 0 Å². The summed E-state index contributed by atoms with van der Waals surface area (Å²) in [6.45, 7) is 1.93. The average molecular weight is 247 g/mol. The molecule has 0 atom stereocenters. The summed E-state index contributed by atoms with van der Waals surface area (Å²) in [6.07, 6.45) is 0.800. The quantitative estimate of drug-likeness (QED) is 0.757. The van der Waals surface area contributed by atoms with Gasteiger partial charge in [0.25, 0.3) is 0 Å². The Morgan fingerprint density at radius 1 is 1.12 bits per heavy atom. The number of hydrogen-bond acceptors (Lipinski definition) is 2. The molecule has 0 fully saturated rings. The van der Waals surface area contributed by atoms with Gasteiger partial charge in [-0.2, -0.15) is 0 Å². The monoisotopic (exact) mass is 246 g/mol. The van der Waals surface area contributed by atoms with Gasteiger partial charge in [-0.1, -0.05) is 23.7 Å². The first-order chi connectivity index (χ1) is 8.19. The van der Waals surface area contributed by atoms with Crippen molar-refractivity contribution in [2.24, 2.45) is 0 Å². The van der Waals surface area contributed by atoms with Gasteiger partial charge in [0.05, 0.1) is 0 Å². The van der Waals surface area contributed by atoms with Gasteiger partial charge in [-0.25, -0.2) is 0 Å². The van der Waals surface area contributed by atoms with E-state index in [-0.39, 0.29) is 0 Å². The van der Waals surface area contributed by atoms with Gasteiger partial charge >= 0.3 is 0 Å². The smallest absolute Gasteiger partial charge is 0.150 e. The van der Waals surface area contributed by atoms with Crippen molar-refractivity contribution in [3.8, 4) is 11.5 Å². The van der Waals surface area contributed by atoms with Crippen LogP contribution in [-0.4, -0.2) is 6.29 Å². The zero-order valence-electron chi connectivity index (χ0n) is 9.31. The lowest BCUT2D eigenvalue weighted by Gasteiger charge is -2.09. The van der Waals surface area contributed by atoms with Crippen LogP contribution < -0.4 is 4.74 Å². The summed E-state index contributed by atoms with van der Waals surface area (Å²) < 4.78 is 5.69. The minimum Gasteiger partial charge on any atom is -0.457 e. The first-order valence-corrected chi connectivity index (χ1v) is 5.56. The van der Waals surface area contributed by atoms with E-state index < -0.39 is 0 Å². The summed E-state index contributed by atoms with van der Waals surface area (Å²) in [5, 5.41) is 0.663. The predicted molar refractivity (Wildman–Crippen MR) is 68.1 cm³/mol. The Morgan fingerprint density at radius 3 is 2.47 bits per heavy atom. The third-order valence-electron chi connectivity index (χ3n) is 2.39. The second-order valence-corrected chi connectivity index (χ2v) is 4.14. The highest BCUT2D eigenvalue weighted by atomic mass is 35.5. The van der Waals surface area contributed by atoms with Crippen molar-refractivity contribution in [2.75, 3.05) is 0 Å². The zero-order chi connectivity index (χ0) is 12.3. The van der Waals surface area contributed by atoms with Crippen LogP contribution in [0.15, 0.2) is 42.5 Å². The van der Waals surface area contributed by atoms with Crippen LogP contribution in [0.2, 0.25) is 5.02 Å². The van der Waals surface area contributed by atoms with Crippen LogP contribution in [0, 0.1) is 6.92 Å². The van der Waals surface area contributed by atoms with Gasteiger partial charge in [0.1, 0.15) is 17.8 Å². The van der Waals surface area contributed by atoms with Crippen molar-refractivity contribution in [3.63, 3.8) is 0 Å². The second kappa shape index (κ2) is 5.02. The fraction of sp³-hybridized carbons (Fsp3) is 0.0714. The largest absolute Gasteiger partial charge is 0.457 e. The van der Waals surface area contributed by atoms with Crippen molar-refractivity contribution < 1.29 is 9.53 Å². The van der Waals surface area contributed by atoms with E-state index in [2.05, 4.69) is 0 Å². The van der Waals surface area contributed by atoms with Crippen LogP contribution >= 0.6 is 11.6 Å². The highest BCUT2D eigenvalue weighted by Crippen LogP contribution is 2.26. The Hall–Kier alpha value is -1.80. The number of aryl methyl sites for hydroxylation is 1. The third kappa shape index (κ3) is 2.86. The Kier molecular flexibility index (Phi) is 3.45. The van der Waals surface area contributed by atoms with Gasteiger partial charge in [0.15, 0.2) is 0 Å². The summed E-state index contributed by atoms with van der Waals surface area (Å²) in [6, 6.07) is 12.4. The van der Waals surface area contributed by atoms with E-state index in [4.69, 9.17) is 16.3 Å². The first kappa shape index (κ1) is 11.7. The lowest BCUT2D eigenvalue weighted by atomic mass is 10.1. The molecule has 3 heteroatoms. The van der Waals surface area contributed by atoms with Crippen LogP contribution in [-0.2, 0) is 0 Å². The summed E-state index contributed by atoms with van der Waals surface area (Å²) in [5.74, 6) is 1.37. The van der Waals surface area contributed by atoms with Crippen LogP contribution in [0.4, 0.5) is 0 Å². The lowest BCUT2D eigenvalue weighted by molar-refractivity contribution is 0.112. The highest BCUT2D eigenvalue weighted by Gasteiger charge is 2.03. The number of hydrogen-bond donors (Lipinski definition) is 0. The molecule has 0 saturated carbocycles. The fourth-order valence-electron chi connectivity index (χ4n) is 1.43.